The van der Waals surface area contributed by atoms with Crippen molar-refractivity contribution in [1.29, 1.82) is 0 Å². The van der Waals surface area contributed by atoms with Crippen molar-refractivity contribution >= 4 is 10.0 Å². The van der Waals surface area contributed by atoms with Gasteiger partial charge < -0.3 is 4.48 Å². The van der Waals surface area contributed by atoms with E-state index in [1.54, 1.807) is 0 Å². The molecule has 0 aromatic rings. The number of quaternary nitrogens is 1. The number of nitrogens with zero attached hydrogens (tertiary/aromatic N) is 1. The fourth-order valence-electron chi connectivity index (χ4n) is 2.00. The topological polar surface area (TPSA) is 46.2 Å². The third-order valence-corrected chi connectivity index (χ3v) is 4.67. The average Bonchev–Trinajstić information content (AvgIpc) is 2.31. The molecule has 0 aliphatic rings. The van der Waals surface area contributed by atoms with Crippen molar-refractivity contribution in [3.8, 4) is 0 Å². The van der Waals surface area contributed by atoms with Crippen LogP contribution < -0.4 is 4.72 Å². The maximum Gasteiger partial charge on any atom is 0.389 e. The zero-order chi connectivity index (χ0) is 17.3. The van der Waals surface area contributed by atoms with Crippen LogP contribution in [-0.2, 0) is 10.0 Å². The van der Waals surface area contributed by atoms with Crippen LogP contribution in [0.4, 0.5) is 13.2 Å². The van der Waals surface area contributed by atoms with Crippen molar-refractivity contribution < 1.29 is 26.1 Å². The Bertz CT molecular complexity index is 390. The van der Waals surface area contributed by atoms with Crippen molar-refractivity contribution in [2.45, 2.75) is 51.1 Å². The van der Waals surface area contributed by atoms with Crippen LogP contribution in [0.25, 0.3) is 0 Å². The first-order valence-corrected chi connectivity index (χ1v) is 9.41. The molecule has 0 aromatic carbocycles. The molecule has 0 bridgehead atoms. The summed E-state index contributed by atoms with van der Waals surface area (Å²) in [6.07, 6.45) is -1.64. The number of rotatable bonds is 12. The minimum atomic E-state index is -4.08. The fraction of sp³-hybridized carbons (Fsp3) is 1.00. The second-order valence-electron chi connectivity index (χ2n) is 6.71. The van der Waals surface area contributed by atoms with Crippen LogP contribution >= 0.6 is 0 Å². The van der Waals surface area contributed by atoms with Gasteiger partial charge in [-0.25, -0.2) is 13.1 Å². The first-order valence-electron chi connectivity index (χ1n) is 7.76. The summed E-state index contributed by atoms with van der Waals surface area (Å²) in [5, 5.41) is 0. The Balaban J connectivity index is 3.60. The smallest absolute Gasteiger partial charge is 0.331 e. The molecule has 0 unspecified atom stereocenters. The van der Waals surface area contributed by atoms with Crippen LogP contribution in [0.3, 0.4) is 0 Å². The quantitative estimate of drug-likeness (QED) is 0.436. The van der Waals surface area contributed by atoms with E-state index in [2.05, 4.69) is 4.72 Å². The molecular weight excluding hydrogens is 317 g/mol. The first-order chi connectivity index (χ1) is 9.91. The van der Waals surface area contributed by atoms with Crippen LogP contribution in [0.1, 0.15) is 44.9 Å². The lowest BCUT2D eigenvalue weighted by Crippen LogP contribution is -2.37. The van der Waals surface area contributed by atoms with Crippen molar-refractivity contribution in [3.63, 3.8) is 0 Å². The van der Waals surface area contributed by atoms with Crippen LogP contribution in [0, 0.1) is 0 Å². The summed E-state index contributed by atoms with van der Waals surface area (Å²) in [5.41, 5.74) is 0. The number of unbranched alkanes of at least 4 members (excludes halogenated alkanes) is 4. The molecule has 0 rings (SSSR count). The molecule has 8 heteroatoms. The van der Waals surface area contributed by atoms with Crippen molar-refractivity contribution in [2.75, 3.05) is 40.0 Å². The predicted octanol–water partition coefficient (Wildman–Crippen LogP) is 2.91. The summed E-state index contributed by atoms with van der Waals surface area (Å²) < 4.78 is 62.5. The molecule has 0 radical (unpaired) electrons. The van der Waals surface area contributed by atoms with Crippen LogP contribution in [0.5, 0.6) is 0 Å². The summed E-state index contributed by atoms with van der Waals surface area (Å²) in [4.78, 5) is 0. The maximum absolute atomic E-state index is 11.9. The number of hydrogen-bond acceptors (Lipinski definition) is 2. The minimum absolute atomic E-state index is 0.0522. The van der Waals surface area contributed by atoms with Gasteiger partial charge in [0.25, 0.3) is 0 Å². The van der Waals surface area contributed by atoms with Gasteiger partial charge in [-0.15, -0.1) is 0 Å². The van der Waals surface area contributed by atoms with E-state index in [4.69, 9.17) is 0 Å². The lowest BCUT2D eigenvalue weighted by molar-refractivity contribution is -0.870. The van der Waals surface area contributed by atoms with E-state index >= 15 is 0 Å². The lowest BCUT2D eigenvalue weighted by atomic mass is 10.1. The summed E-state index contributed by atoms with van der Waals surface area (Å²) >= 11 is 0. The van der Waals surface area contributed by atoms with E-state index in [1.165, 1.54) is 0 Å². The molecule has 0 amide bonds. The van der Waals surface area contributed by atoms with E-state index in [0.717, 1.165) is 17.4 Å². The standard InChI is InChI=1S/C14H30F3N2O2S/c1-19(2,3)12-9-11-18-22(20,21)13-8-6-4-5-7-10-14(15,16)17/h18H,4-13H2,1-3H3/q+1. The maximum atomic E-state index is 11.9. The number of nitrogens with one attached hydrogen (secondary N) is 1. The monoisotopic (exact) mass is 347 g/mol. The number of alkyl halides is 3. The summed E-state index contributed by atoms with van der Waals surface area (Å²) in [6.45, 7) is 1.32. The second kappa shape index (κ2) is 9.72. The summed E-state index contributed by atoms with van der Waals surface area (Å²) in [5.74, 6) is 0.0522. The minimum Gasteiger partial charge on any atom is -0.331 e. The molecule has 0 heterocycles. The van der Waals surface area contributed by atoms with Gasteiger partial charge in [-0.1, -0.05) is 19.3 Å². The van der Waals surface area contributed by atoms with Crippen molar-refractivity contribution in [3.05, 3.63) is 0 Å². The zero-order valence-corrected chi connectivity index (χ0v) is 14.7. The molecule has 134 valence electrons. The molecule has 0 aromatic heterocycles. The molecule has 22 heavy (non-hydrogen) atoms. The first kappa shape index (κ1) is 21.7. The highest BCUT2D eigenvalue weighted by atomic mass is 32.2. The Morgan fingerprint density at radius 1 is 0.909 bits per heavy atom. The van der Waals surface area contributed by atoms with Gasteiger partial charge in [-0.05, 0) is 12.8 Å². The van der Waals surface area contributed by atoms with E-state index in [0.29, 0.717) is 32.2 Å². The van der Waals surface area contributed by atoms with E-state index in [1.807, 2.05) is 21.1 Å². The molecule has 1 N–H and O–H groups in total. The van der Waals surface area contributed by atoms with E-state index in [-0.39, 0.29) is 12.2 Å². The molecule has 0 saturated heterocycles. The lowest BCUT2D eigenvalue weighted by Gasteiger charge is -2.23. The van der Waals surface area contributed by atoms with Gasteiger partial charge in [-0.3, -0.25) is 0 Å². The summed E-state index contributed by atoms with van der Waals surface area (Å²) in [7, 11) is 2.89. The summed E-state index contributed by atoms with van der Waals surface area (Å²) in [6, 6.07) is 0. The highest BCUT2D eigenvalue weighted by Crippen LogP contribution is 2.23. The van der Waals surface area contributed by atoms with Gasteiger partial charge in [0.2, 0.25) is 10.0 Å². The highest BCUT2D eigenvalue weighted by molar-refractivity contribution is 7.89. The largest absolute Gasteiger partial charge is 0.389 e. The van der Waals surface area contributed by atoms with Crippen molar-refractivity contribution in [1.82, 2.24) is 4.72 Å². The number of halogens is 3. The number of sulfonamides is 1. The molecule has 4 nitrogen and oxygen atoms in total. The fourth-order valence-corrected chi connectivity index (χ4v) is 3.18. The van der Waals surface area contributed by atoms with Gasteiger partial charge >= 0.3 is 6.18 Å². The Morgan fingerprint density at radius 3 is 2.00 bits per heavy atom. The number of hydrogen-bond donors (Lipinski definition) is 1. The van der Waals surface area contributed by atoms with Gasteiger partial charge in [0.1, 0.15) is 0 Å². The Kier molecular flexibility index (Phi) is 9.57. The van der Waals surface area contributed by atoms with Gasteiger partial charge in [0.15, 0.2) is 0 Å². The van der Waals surface area contributed by atoms with Crippen LogP contribution in [0.2, 0.25) is 0 Å². The van der Waals surface area contributed by atoms with Crippen LogP contribution in [-0.4, -0.2) is 59.1 Å². The van der Waals surface area contributed by atoms with E-state index < -0.39 is 22.6 Å². The highest BCUT2D eigenvalue weighted by Gasteiger charge is 2.25. The van der Waals surface area contributed by atoms with Crippen LogP contribution in [0.15, 0.2) is 0 Å². The second-order valence-corrected chi connectivity index (χ2v) is 8.64. The van der Waals surface area contributed by atoms with Gasteiger partial charge in [0.05, 0.1) is 33.4 Å². The molecule has 0 aliphatic heterocycles. The molecular formula is C14H30F3N2O2S+. The Hall–Kier alpha value is -0.340. The zero-order valence-electron chi connectivity index (χ0n) is 13.9. The normalized spacial score (nSPS) is 13.5. The molecule has 0 atom stereocenters. The molecule has 0 aliphatic carbocycles. The third kappa shape index (κ3) is 16.0. The average molecular weight is 347 g/mol. The van der Waals surface area contributed by atoms with Crippen molar-refractivity contribution in [2.24, 2.45) is 0 Å². The molecule has 0 saturated carbocycles. The SMILES string of the molecule is C[N+](C)(C)CCCNS(=O)(=O)CCCCCCCC(F)(F)F. The molecule has 0 spiro atoms. The van der Waals surface area contributed by atoms with E-state index in [9.17, 15) is 21.6 Å². The Labute approximate surface area is 132 Å². The van der Waals surface area contributed by atoms with Gasteiger partial charge in [0, 0.05) is 19.4 Å². The van der Waals surface area contributed by atoms with Gasteiger partial charge in [-0.2, -0.15) is 13.2 Å². The Morgan fingerprint density at radius 2 is 1.45 bits per heavy atom. The predicted molar refractivity (Wildman–Crippen MR) is 83.1 cm³/mol. The molecule has 0 fully saturated rings. The third-order valence-electron chi connectivity index (χ3n) is 3.20.